The zero-order valence-electron chi connectivity index (χ0n) is 28.7. The highest BCUT2D eigenvalue weighted by atomic mass is 35.5. The zero-order chi connectivity index (χ0) is 36.3. The van der Waals surface area contributed by atoms with Crippen molar-refractivity contribution in [2.45, 2.75) is 75.4 Å². The maximum atomic E-state index is 12.8. The number of hydrogen-bond donors (Lipinski definition) is 1. The number of benzene rings is 2. The fourth-order valence-electron chi connectivity index (χ4n) is 7.43. The number of nitro groups is 1. The number of carbonyl (C=O) groups is 1. The van der Waals surface area contributed by atoms with Gasteiger partial charge in [0.25, 0.3) is 5.69 Å². The first-order chi connectivity index (χ1) is 24.3. The number of nitrogens with zero attached hydrogens (tertiary/aromatic N) is 6. The smallest absolute Gasteiger partial charge is 0.289 e. The summed E-state index contributed by atoms with van der Waals surface area (Å²) in [5.41, 5.74) is 3.67. The summed E-state index contributed by atoms with van der Waals surface area (Å²) in [5.74, 6) is 0.288. The number of rotatable bonds is 14. The number of amides is 1. The molecule has 4 heterocycles. The van der Waals surface area contributed by atoms with Crippen LogP contribution in [0.4, 0.5) is 5.69 Å². The van der Waals surface area contributed by atoms with Crippen LogP contribution in [0.1, 0.15) is 55.3 Å². The molecule has 0 bridgehead atoms. The molecule has 0 spiro atoms. The first-order valence-corrected chi connectivity index (χ1v) is 21.1. The fourth-order valence-corrected chi connectivity index (χ4v) is 9.67. The number of piperidine rings is 1. The molecule has 0 atom stereocenters. The Morgan fingerprint density at radius 1 is 1.00 bits per heavy atom. The van der Waals surface area contributed by atoms with E-state index in [1.807, 2.05) is 16.8 Å². The van der Waals surface area contributed by atoms with Gasteiger partial charge in [-0.05, 0) is 68.8 Å². The molecular weight excluding hydrogens is 718 g/mol. The molecule has 51 heavy (non-hydrogen) atoms. The molecule has 0 saturated carbocycles. The first kappa shape index (κ1) is 37.4. The molecule has 3 aromatic rings. The van der Waals surface area contributed by atoms with E-state index in [1.165, 1.54) is 28.8 Å². The molecule has 276 valence electrons. The molecule has 0 aliphatic carbocycles. The summed E-state index contributed by atoms with van der Waals surface area (Å²) < 4.78 is 56.7. The second-order valence-electron chi connectivity index (χ2n) is 13.5. The summed E-state index contributed by atoms with van der Waals surface area (Å²) in [6.45, 7) is 5.04. The van der Waals surface area contributed by atoms with E-state index in [1.54, 1.807) is 6.07 Å². The van der Waals surface area contributed by atoms with Gasteiger partial charge in [-0.1, -0.05) is 29.8 Å². The average molecular weight is 762 g/mol. The summed E-state index contributed by atoms with van der Waals surface area (Å²) in [5, 5.41) is 16.9. The number of carbonyl (C=O) groups excluding carboxylic acids is 1. The Morgan fingerprint density at radius 3 is 2.47 bits per heavy atom. The van der Waals surface area contributed by atoms with Crippen LogP contribution < -0.4 is 4.72 Å². The van der Waals surface area contributed by atoms with Gasteiger partial charge in [0.05, 0.1) is 16.9 Å². The summed E-state index contributed by atoms with van der Waals surface area (Å²) in [6.07, 6.45) is 7.07. The molecule has 1 N–H and O–H groups in total. The van der Waals surface area contributed by atoms with Gasteiger partial charge in [0.2, 0.25) is 26.0 Å². The Morgan fingerprint density at radius 2 is 1.76 bits per heavy atom. The number of sulfonamides is 2. The van der Waals surface area contributed by atoms with Gasteiger partial charge >= 0.3 is 0 Å². The molecule has 3 aliphatic heterocycles. The van der Waals surface area contributed by atoms with Crippen molar-refractivity contribution in [2.24, 2.45) is 0 Å². The van der Waals surface area contributed by atoms with Crippen LogP contribution in [-0.2, 0) is 50.8 Å². The molecule has 3 aliphatic rings. The van der Waals surface area contributed by atoms with Crippen molar-refractivity contribution in [1.82, 2.24) is 28.6 Å². The van der Waals surface area contributed by atoms with Crippen LogP contribution in [0.25, 0.3) is 11.3 Å². The third-order valence-electron chi connectivity index (χ3n) is 10.1. The number of aromatic nitrogens is 2. The summed E-state index contributed by atoms with van der Waals surface area (Å²) in [4.78, 5) is 27.0. The van der Waals surface area contributed by atoms with E-state index in [-0.39, 0.29) is 19.0 Å². The Hall–Kier alpha value is -3.41. The maximum absolute atomic E-state index is 12.8. The predicted molar refractivity (Wildman–Crippen MR) is 193 cm³/mol. The van der Waals surface area contributed by atoms with Crippen LogP contribution in [0.15, 0.2) is 47.4 Å². The molecule has 2 saturated heterocycles. The van der Waals surface area contributed by atoms with Crippen molar-refractivity contribution in [2.75, 3.05) is 45.5 Å². The fraction of sp³-hybridized carbons (Fsp3) is 0.529. The summed E-state index contributed by atoms with van der Waals surface area (Å²) in [7, 11) is -7.53. The van der Waals surface area contributed by atoms with Crippen LogP contribution >= 0.6 is 11.6 Å². The van der Waals surface area contributed by atoms with E-state index < -0.39 is 35.6 Å². The van der Waals surface area contributed by atoms with Gasteiger partial charge in [0, 0.05) is 92.6 Å². The van der Waals surface area contributed by atoms with E-state index in [0.717, 1.165) is 80.3 Å². The number of likely N-dealkylation sites (tertiary alicyclic amines) is 2. The van der Waals surface area contributed by atoms with Crippen molar-refractivity contribution in [3.63, 3.8) is 0 Å². The summed E-state index contributed by atoms with van der Waals surface area (Å²) >= 11 is 6.58. The van der Waals surface area contributed by atoms with Crippen LogP contribution in [0.5, 0.6) is 0 Å². The van der Waals surface area contributed by atoms with Crippen molar-refractivity contribution in [1.29, 1.82) is 0 Å². The van der Waals surface area contributed by atoms with Gasteiger partial charge in [-0.25, -0.2) is 21.6 Å². The van der Waals surface area contributed by atoms with Gasteiger partial charge in [0.15, 0.2) is 4.90 Å². The Balaban J connectivity index is 1.13. The Labute approximate surface area is 304 Å². The first-order valence-electron chi connectivity index (χ1n) is 17.4. The molecule has 2 aromatic carbocycles. The number of para-hydroxylation sites is 1. The van der Waals surface area contributed by atoms with Gasteiger partial charge in [0.1, 0.15) is 0 Å². The number of nitro benzene ring substituents is 1. The lowest BCUT2D eigenvalue weighted by Crippen LogP contribution is -2.45. The lowest BCUT2D eigenvalue weighted by Gasteiger charge is -2.36. The van der Waals surface area contributed by atoms with E-state index in [2.05, 4.69) is 14.5 Å². The quantitative estimate of drug-likeness (QED) is 0.146. The minimum atomic E-state index is -4.11. The minimum Gasteiger partial charge on any atom is -0.340 e. The molecule has 17 heteroatoms. The van der Waals surface area contributed by atoms with Crippen LogP contribution in [-0.4, -0.2) is 103 Å². The van der Waals surface area contributed by atoms with E-state index in [4.69, 9.17) is 16.7 Å². The van der Waals surface area contributed by atoms with Crippen molar-refractivity contribution < 1.29 is 26.6 Å². The highest BCUT2D eigenvalue weighted by Gasteiger charge is 2.32. The molecule has 1 aromatic heterocycles. The Kier molecular flexibility index (Phi) is 11.5. The predicted octanol–water partition coefficient (Wildman–Crippen LogP) is 3.82. The van der Waals surface area contributed by atoms with Crippen molar-refractivity contribution in [3.8, 4) is 11.3 Å². The molecule has 1 amide bonds. The van der Waals surface area contributed by atoms with Crippen LogP contribution in [0, 0.1) is 10.1 Å². The molecular formula is C34H44ClN7O7S2. The number of nitrogens with one attached hydrogen (secondary N) is 1. The standard InChI is InChI=1S/C34H44ClN7O7S2/c1-50(46,47)39-22-15-30-28(24-39)34(37-41(30)19-6-17-38-20-13-27(14-21-38)40-18-5-10-33(40)43)26-11-12-29(35)25(23-26)7-4-16-36-51(48,49)32-9-3-2-8-31(32)42(44)45/h2-3,8-9,11-12,23,27,36H,4-7,10,13-22,24H2,1H3. The van der Waals surface area contributed by atoms with Crippen molar-refractivity contribution >= 4 is 43.2 Å². The number of halogens is 1. The molecule has 14 nitrogen and oxygen atoms in total. The van der Waals surface area contributed by atoms with Gasteiger partial charge in [-0.3, -0.25) is 19.6 Å². The average Bonchev–Trinajstić information content (AvgIpc) is 3.70. The minimum absolute atomic E-state index is 0.0380. The normalized spacial score (nSPS) is 18.0. The largest absolute Gasteiger partial charge is 0.340 e. The number of fused-ring (bicyclic) bond motifs is 1. The highest BCUT2D eigenvalue weighted by molar-refractivity contribution is 7.89. The van der Waals surface area contributed by atoms with Gasteiger partial charge < -0.3 is 9.80 Å². The molecule has 0 unspecified atom stereocenters. The maximum Gasteiger partial charge on any atom is 0.289 e. The molecule has 0 radical (unpaired) electrons. The molecule has 6 rings (SSSR count). The summed E-state index contributed by atoms with van der Waals surface area (Å²) in [6, 6.07) is 11.1. The molecule has 2 fully saturated rings. The third-order valence-corrected chi connectivity index (χ3v) is 13.2. The SMILES string of the molecule is CS(=O)(=O)N1CCc2c(c(-c3ccc(Cl)c(CCCNS(=O)(=O)c4ccccc4[N+](=O)[O-])c3)nn2CCCN2CCC(N3CCCC3=O)CC2)C1. The van der Waals surface area contributed by atoms with E-state index >= 15 is 0 Å². The highest BCUT2D eigenvalue weighted by Crippen LogP contribution is 2.34. The lowest BCUT2D eigenvalue weighted by molar-refractivity contribution is -0.387. The van der Waals surface area contributed by atoms with E-state index in [0.29, 0.717) is 55.5 Å². The van der Waals surface area contributed by atoms with Crippen LogP contribution in [0.3, 0.4) is 0 Å². The van der Waals surface area contributed by atoms with Gasteiger partial charge in [-0.15, -0.1) is 0 Å². The number of hydrogen-bond acceptors (Lipinski definition) is 9. The van der Waals surface area contributed by atoms with Gasteiger partial charge in [-0.2, -0.15) is 9.40 Å². The number of aryl methyl sites for hydroxylation is 2. The van der Waals surface area contributed by atoms with Crippen LogP contribution in [0.2, 0.25) is 5.02 Å². The second kappa shape index (κ2) is 15.7. The van der Waals surface area contributed by atoms with Crippen molar-refractivity contribution in [3.05, 3.63) is 74.4 Å². The zero-order valence-corrected chi connectivity index (χ0v) is 31.1. The second-order valence-corrected chi connectivity index (χ2v) is 17.6. The monoisotopic (exact) mass is 761 g/mol. The third kappa shape index (κ3) is 8.63. The Bertz CT molecular complexity index is 2000. The lowest BCUT2D eigenvalue weighted by atomic mass is 9.99. The topological polar surface area (TPSA) is 168 Å². The van der Waals surface area contributed by atoms with E-state index in [9.17, 15) is 31.7 Å².